The molecule has 0 bridgehead atoms. The molecule has 0 saturated carbocycles. The van der Waals surface area contributed by atoms with E-state index in [0.29, 0.717) is 5.92 Å². The second-order valence-corrected chi connectivity index (χ2v) is 6.01. The Morgan fingerprint density at radius 3 is 2.50 bits per heavy atom. The third-order valence-electron chi connectivity index (χ3n) is 3.90. The predicted molar refractivity (Wildman–Crippen MR) is 93.5 cm³/mol. The highest BCUT2D eigenvalue weighted by Crippen LogP contribution is 2.23. The third kappa shape index (κ3) is 2.98. The number of aromatic nitrogens is 2. The second kappa shape index (κ2) is 6.22. The molecule has 0 fully saturated rings. The van der Waals surface area contributed by atoms with Crippen molar-refractivity contribution >= 4 is 11.3 Å². The third-order valence-corrected chi connectivity index (χ3v) is 3.90. The Morgan fingerprint density at radius 2 is 1.82 bits per heavy atom. The van der Waals surface area contributed by atoms with Crippen molar-refractivity contribution in [3.63, 3.8) is 0 Å². The SMILES string of the molecule is CCCNc1ccc2nc(-c3ccc(C(C)C)cc3)cn2c1. The molecule has 3 heteroatoms. The van der Waals surface area contributed by atoms with E-state index < -0.39 is 0 Å². The Labute approximate surface area is 132 Å². The largest absolute Gasteiger partial charge is 0.384 e. The number of nitrogens with zero attached hydrogens (tertiary/aromatic N) is 2. The predicted octanol–water partition coefficient (Wildman–Crippen LogP) is 4.95. The molecule has 0 amide bonds. The van der Waals surface area contributed by atoms with Crippen molar-refractivity contribution in [2.75, 3.05) is 11.9 Å². The molecule has 3 aromatic rings. The van der Waals surface area contributed by atoms with Crippen molar-refractivity contribution in [2.45, 2.75) is 33.1 Å². The van der Waals surface area contributed by atoms with Gasteiger partial charge in [-0.2, -0.15) is 0 Å². The minimum absolute atomic E-state index is 0.558. The van der Waals surface area contributed by atoms with E-state index in [1.165, 1.54) is 5.56 Å². The van der Waals surface area contributed by atoms with Crippen molar-refractivity contribution in [1.82, 2.24) is 9.38 Å². The van der Waals surface area contributed by atoms with Gasteiger partial charge in [0.2, 0.25) is 0 Å². The molecule has 0 aliphatic heterocycles. The number of pyridine rings is 1. The zero-order valence-corrected chi connectivity index (χ0v) is 13.5. The molecule has 0 spiro atoms. The van der Waals surface area contributed by atoms with Crippen LogP contribution < -0.4 is 5.32 Å². The van der Waals surface area contributed by atoms with Gasteiger partial charge < -0.3 is 9.72 Å². The van der Waals surface area contributed by atoms with Crippen LogP contribution in [0.25, 0.3) is 16.9 Å². The maximum Gasteiger partial charge on any atom is 0.137 e. The highest BCUT2D eigenvalue weighted by molar-refractivity contribution is 5.64. The van der Waals surface area contributed by atoms with Crippen LogP contribution in [0.1, 0.15) is 38.7 Å². The fourth-order valence-electron chi connectivity index (χ4n) is 2.54. The standard InChI is InChI=1S/C19H23N3/c1-4-11-20-17-9-10-19-21-18(13-22(19)12-17)16-7-5-15(6-8-16)14(2)3/h5-10,12-14,20H,4,11H2,1-3H3. The van der Waals surface area contributed by atoms with Gasteiger partial charge >= 0.3 is 0 Å². The highest BCUT2D eigenvalue weighted by atomic mass is 15.0. The lowest BCUT2D eigenvalue weighted by Gasteiger charge is -2.05. The summed E-state index contributed by atoms with van der Waals surface area (Å²) in [6, 6.07) is 12.9. The fraction of sp³-hybridized carbons (Fsp3) is 0.316. The van der Waals surface area contributed by atoms with E-state index in [-0.39, 0.29) is 0 Å². The van der Waals surface area contributed by atoms with Gasteiger partial charge in [0.25, 0.3) is 0 Å². The van der Waals surface area contributed by atoms with Gasteiger partial charge in [-0.25, -0.2) is 4.98 Å². The summed E-state index contributed by atoms with van der Waals surface area (Å²) in [4.78, 5) is 4.71. The number of imidazole rings is 1. The van der Waals surface area contributed by atoms with Gasteiger partial charge in [-0.05, 0) is 30.0 Å². The summed E-state index contributed by atoms with van der Waals surface area (Å²) in [5.74, 6) is 0.558. The average Bonchev–Trinajstić information content (AvgIpc) is 2.96. The molecule has 0 unspecified atom stereocenters. The van der Waals surface area contributed by atoms with Crippen molar-refractivity contribution < 1.29 is 0 Å². The summed E-state index contributed by atoms with van der Waals surface area (Å²) in [5.41, 5.74) is 5.65. The van der Waals surface area contributed by atoms with Crippen molar-refractivity contribution in [3.8, 4) is 11.3 Å². The maximum absolute atomic E-state index is 4.71. The summed E-state index contributed by atoms with van der Waals surface area (Å²) < 4.78 is 2.09. The van der Waals surface area contributed by atoms with Crippen LogP contribution in [-0.4, -0.2) is 15.9 Å². The number of hydrogen-bond donors (Lipinski definition) is 1. The average molecular weight is 293 g/mol. The molecule has 1 aromatic carbocycles. The summed E-state index contributed by atoms with van der Waals surface area (Å²) in [5, 5.41) is 3.41. The molecular weight excluding hydrogens is 270 g/mol. The molecule has 0 saturated heterocycles. The summed E-state index contributed by atoms with van der Waals surface area (Å²) in [6.45, 7) is 7.58. The van der Waals surface area contributed by atoms with Gasteiger partial charge in [0.1, 0.15) is 5.65 Å². The first kappa shape index (κ1) is 14.6. The Kier molecular flexibility index (Phi) is 4.14. The van der Waals surface area contributed by atoms with Crippen LogP contribution in [0.3, 0.4) is 0 Å². The molecule has 1 N–H and O–H groups in total. The molecule has 2 aromatic heterocycles. The molecule has 3 rings (SSSR count). The monoisotopic (exact) mass is 293 g/mol. The van der Waals surface area contributed by atoms with Gasteiger partial charge in [0.05, 0.1) is 11.4 Å². The molecule has 22 heavy (non-hydrogen) atoms. The van der Waals surface area contributed by atoms with Gasteiger partial charge in [0.15, 0.2) is 0 Å². The molecule has 3 nitrogen and oxygen atoms in total. The zero-order chi connectivity index (χ0) is 15.5. The van der Waals surface area contributed by atoms with Crippen LogP contribution >= 0.6 is 0 Å². The molecule has 0 aliphatic rings. The first-order valence-electron chi connectivity index (χ1n) is 8.00. The first-order valence-corrected chi connectivity index (χ1v) is 8.00. The number of anilines is 1. The Balaban J connectivity index is 1.90. The first-order chi connectivity index (χ1) is 10.7. The maximum atomic E-state index is 4.71. The number of hydrogen-bond acceptors (Lipinski definition) is 2. The summed E-state index contributed by atoms with van der Waals surface area (Å²) in [6.07, 6.45) is 5.32. The van der Waals surface area contributed by atoms with Crippen molar-refractivity contribution in [1.29, 1.82) is 0 Å². The highest BCUT2D eigenvalue weighted by Gasteiger charge is 2.06. The Morgan fingerprint density at radius 1 is 1.05 bits per heavy atom. The van der Waals surface area contributed by atoms with E-state index in [1.807, 2.05) is 0 Å². The summed E-state index contributed by atoms with van der Waals surface area (Å²) in [7, 11) is 0. The van der Waals surface area contributed by atoms with E-state index >= 15 is 0 Å². The molecule has 0 atom stereocenters. The van der Waals surface area contributed by atoms with Gasteiger partial charge in [-0.3, -0.25) is 0 Å². The molecule has 114 valence electrons. The zero-order valence-electron chi connectivity index (χ0n) is 13.5. The quantitative estimate of drug-likeness (QED) is 0.721. The fourth-order valence-corrected chi connectivity index (χ4v) is 2.54. The van der Waals surface area contributed by atoms with E-state index in [2.05, 4.69) is 79.3 Å². The van der Waals surface area contributed by atoms with E-state index in [4.69, 9.17) is 4.98 Å². The minimum atomic E-state index is 0.558. The van der Waals surface area contributed by atoms with Gasteiger partial charge in [-0.1, -0.05) is 45.0 Å². The number of rotatable bonds is 5. The van der Waals surface area contributed by atoms with E-state index in [9.17, 15) is 0 Å². The van der Waals surface area contributed by atoms with Crippen LogP contribution in [0.5, 0.6) is 0 Å². The van der Waals surface area contributed by atoms with Crippen molar-refractivity contribution in [2.24, 2.45) is 0 Å². The van der Waals surface area contributed by atoms with Gasteiger partial charge in [-0.15, -0.1) is 0 Å². The van der Waals surface area contributed by atoms with Crippen molar-refractivity contribution in [3.05, 3.63) is 54.4 Å². The molecule has 0 aliphatic carbocycles. The van der Waals surface area contributed by atoms with E-state index in [1.54, 1.807) is 0 Å². The second-order valence-electron chi connectivity index (χ2n) is 6.01. The summed E-state index contributed by atoms with van der Waals surface area (Å²) >= 11 is 0. The smallest absolute Gasteiger partial charge is 0.137 e. The van der Waals surface area contributed by atoms with Gasteiger partial charge in [0, 0.05) is 24.5 Å². The van der Waals surface area contributed by atoms with Crippen LogP contribution in [0.4, 0.5) is 5.69 Å². The Hall–Kier alpha value is -2.29. The van der Waals surface area contributed by atoms with Crippen LogP contribution in [0.2, 0.25) is 0 Å². The molecule has 0 radical (unpaired) electrons. The minimum Gasteiger partial charge on any atom is -0.384 e. The number of nitrogens with one attached hydrogen (secondary N) is 1. The van der Waals surface area contributed by atoms with Crippen LogP contribution in [0, 0.1) is 0 Å². The van der Waals surface area contributed by atoms with Crippen LogP contribution in [0.15, 0.2) is 48.8 Å². The normalized spacial score (nSPS) is 11.3. The topological polar surface area (TPSA) is 29.3 Å². The molecule has 2 heterocycles. The lowest BCUT2D eigenvalue weighted by atomic mass is 10.0. The lowest BCUT2D eigenvalue weighted by molar-refractivity contribution is 0.867. The number of benzene rings is 1. The van der Waals surface area contributed by atoms with Crippen LogP contribution in [-0.2, 0) is 0 Å². The molecular formula is C19H23N3. The Bertz CT molecular complexity index is 754. The number of fused-ring (bicyclic) bond motifs is 1. The van der Waals surface area contributed by atoms with E-state index in [0.717, 1.165) is 35.6 Å². The lowest BCUT2D eigenvalue weighted by Crippen LogP contribution is -2.00.